The van der Waals surface area contributed by atoms with Crippen LogP contribution >= 0.6 is 0 Å². The van der Waals surface area contributed by atoms with Crippen LogP contribution in [0.15, 0.2) is 30.5 Å². The molecule has 1 saturated heterocycles. The molecule has 1 aliphatic rings. The average molecular weight is 380 g/mol. The largest absolute Gasteiger partial charge is 0.434 e. The van der Waals surface area contributed by atoms with E-state index in [9.17, 15) is 18.0 Å². The standard InChI is InChI=1S/C19H23F3N4O/c1-12-6-4-5-7-14(12)26-16(19(20,21)22)13(10-24-26)17(27)25-9-8-15(23)18(2,3)11-25/h4-7,10,15H,8-9,11,23H2,1-3H3. The lowest BCUT2D eigenvalue weighted by molar-refractivity contribution is -0.143. The second kappa shape index (κ2) is 6.67. The monoisotopic (exact) mass is 380 g/mol. The highest BCUT2D eigenvalue weighted by Gasteiger charge is 2.43. The van der Waals surface area contributed by atoms with Crippen LogP contribution in [-0.4, -0.2) is 39.7 Å². The highest BCUT2D eigenvalue weighted by molar-refractivity contribution is 5.95. The first-order valence-corrected chi connectivity index (χ1v) is 8.78. The summed E-state index contributed by atoms with van der Waals surface area (Å²) < 4.78 is 42.4. The van der Waals surface area contributed by atoms with Crippen LogP contribution in [0.5, 0.6) is 0 Å². The summed E-state index contributed by atoms with van der Waals surface area (Å²) in [6, 6.07) is 6.53. The Hall–Kier alpha value is -2.35. The summed E-state index contributed by atoms with van der Waals surface area (Å²) in [6.45, 7) is 6.17. The number of nitrogens with zero attached hydrogens (tertiary/aromatic N) is 3. The fourth-order valence-electron chi connectivity index (χ4n) is 3.48. The smallest absolute Gasteiger partial charge is 0.338 e. The molecule has 0 saturated carbocycles. The van der Waals surface area contributed by atoms with E-state index in [1.54, 1.807) is 31.2 Å². The molecule has 1 atom stereocenters. The molecule has 1 fully saturated rings. The van der Waals surface area contributed by atoms with Crippen molar-refractivity contribution in [1.29, 1.82) is 0 Å². The van der Waals surface area contributed by atoms with Gasteiger partial charge in [0, 0.05) is 19.1 Å². The van der Waals surface area contributed by atoms with Crippen LogP contribution in [0.1, 0.15) is 41.9 Å². The summed E-state index contributed by atoms with van der Waals surface area (Å²) in [4.78, 5) is 14.4. The quantitative estimate of drug-likeness (QED) is 0.869. The third kappa shape index (κ3) is 3.58. The molecule has 1 aromatic carbocycles. The van der Waals surface area contributed by atoms with E-state index in [1.807, 2.05) is 13.8 Å². The van der Waals surface area contributed by atoms with E-state index in [0.29, 0.717) is 30.8 Å². The highest BCUT2D eigenvalue weighted by Crippen LogP contribution is 2.36. The predicted octanol–water partition coefficient (Wildman–Crippen LogP) is 3.40. The zero-order valence-corrected chi connectivity index (χ0v) is 15.5. The Labute approximate surface area is 155 Å². The molecule has 146 valence electrons. The van der Waals surface area contributed by atoms with Gasteiger partial charge >= 0.3 is 6.18 Å². The third-order valence-electron chi connectivity index (χ3n) is 5.21. The Morgan fingerprint density at radius 3 is 2.56 bits per heavy atom. The van der Waals surface area contributed by atoms with Crippen molar-refractivity contribution in [2.75, 3.05) is 13.1 Å². The molecule has 5 nitrogen and oxygen atoms in total. The van der Waals surface area contributed by atoms with Crippen LogP contribution in [-0.2, 0) is 6.18 Å². The maximum atomic E-state index is 13.8. The Balaban J connectivity index is 2.04. The number of para-hydroxylation sites is 1. The molecular formula is C19H23F3N4O. The Kier molecular flexibility index (Phi) is 4.80. The van der Waals surface area contributed by atoms with Crippen molar-refractivity contribution >= 4 is 5.91 Å². The molecule has 2 aromatic rings. The first-order chi connectivity index (χ1) is 12.5. The Morgan fingerprint density at radius 2 is 1.96 bits per heavy atom. The minimum absolute atomic E-state index is 0.0988. The van der Waals surface area contributed by atoms with Gasteiger partial charge in [-0.15, -0.1) is 0 Å². The summed E-state index contributed by atoms with van der Waals surface area (Å²) in [5, 5.41) is 3.91. The Morgan fingerprint density at radius 1 is 1.30 bits per heavy atom. The van der Waals surface area contributed by atoms with Crippen molar-refractivity contribution in [2.45, 2.75) is 39.4 Å². The summed E-state index contributed by atoms with van der Waals surface area (Å²) in [6.07, 6.45) is -3.16. The fraction of sp³-hybridized carbons (Fsp3) is 0.474. The molecule has 3 rings (SSSR count). The van der Waals surface area contributed by atoms with Gasteiger partial charge in [0.05, 0.1) is 17.4 Å². The maximum Gasteiger partial charge on any atom is 0.434 e. The number of aryl methyl sites for hydroxylation is 1. The molecular weight excluding hydrogens is 357 g/mol. The van der Waals surface area contributed by atoms with Gasteiger partial charge in [0.15, 0.2) is 5.69 Å². The molecule has 8 heteroatoms. The van der Waals surface area contributed by atoms with E-state index in [4.69, 9.17) is 5.73 Å². The lowest BCUT2D eigenvalue weighted by Gasteiger charge is -2.42. The number of likely N-dealkylation sites (tertiary alicyclic amines) is 1. The van der Waals surface area contributed by atoms with E-state index in [0.717, 1.165) is 10.9 Å². The number of benzene rings is 1. The zero-order chi connectivity index (χ0) is 20.0. The topological polar surface area (TPSA) is 64.2 Å². The van der Waals surface area contributed by atoms with Crippen LogP contribution in [0.25, 0.3) is 5.69 Å². The summed E-state index contributed by atoms with van der Waals surface area (Å²) >= 11 is 0. The number of rotatable bonds is 2. The molecule has 0 radical (unpaired) electrons. The normalized spacial score (nSPS) is 20.0. The highest BCUT2D eigenvalue weighted by atomic mass is 19.4. The molecule has 0 spiro atoms. The van der Waals surface area contributed by atoms with Gasteiger partial charge < -0.3 is 10.6 Å². The van der Waals surface area contributed by atoms with Gasteiger partial charge in [0.25, 0.3) is 5.91 Å². The number of carbonyl (C=O) groups excluding carboxylic acids is 1. The summed E-state index contributed by atoms with van der Waals surface area (Å²) in [5.41, 5.74) is 5.16. The van der Waals surface area contributed by atoms with E-state index >= 15 is 0 Å². The van der Waals surface area contributed by atoms with Crippen LogP contribution in [0.4, 0.5) is 13.2 Å². The zero-order valence-electron chi connectivity index (χ0n) is 15.5. The van der Waals surface area contributed by atoms with Crippen molar-refractivity contribution in [3.63, 3.8) is 0 Å². The minimum Gasteiger partial charge on any atom is -0.338 e. The predicted molar refractivity (Wildman–Crippen MR) is 95.6 cm³/mol. The number of nitrogens with two attached hydrogens (primary N) is 1. The number of halogens is 3. The first-order valence-electron chi connectivity index (χ1n) is 8.78. The Bertz CT molecular complexity index is 857. The maximum absolute atomic E-state index is 13.8. The molecule has 0 aliphatic carbocycles. The number of hydrogen-bond donors (Lipinski definition) is 1. The molecule has 2 heterocycles. The minimum atomic E-state index is -4.72. The van der Waals surface area contributed by atoms with E-state index in [2.05, 4.69) is 5.10 Å². The summed E-state index contributed by atoms with van der Waals surface area (Å²) in [5.74, 6) is -0.665. The second-order valence-corrected chi connectivity index (χ2v) is 7.71. The van der Waals surface area contributed by atoms with Crippen LogP contribution in [0.3, 0.4) is 0 Å². The first kappa shape index (κ1) is 19.4. The van der Waals surface area contributed by atoms with Crippen molar-refractivity contribution in [1.82, 2.24) is 14.7 Å². The van der Waals surface area contributed by atoms with Crippen LogP contribution in [0.2, 0.25) is 0 Å². The molecule has 0 bridgehead atoms. The van der Waals surface area contributed by atoms with Crippen molar-refractivity contribution in [3.05, 3.63) is 47.3 Å². The van der Waals surface area contributed by atoms with Gasteiger partial charge in [-0.3, -0.25) is 4.79 Å². The average Bonchev–Trinajstić information content (AvgIpc) is 3.02. The van der Waals surface area contributed by atoms with E-state index in [-0.39, 0.29) is 11.5 Å². The van der Waals surface area contributed by atoms with E-state index in [1.165, 1.54) is 4.90 Å². The van der Waals surface area contributed by atoms with Gasteiger partial charge in [-0.05, 0) is 30.4 Å². The molecule has 2 N–H and O–H groups in total. The molecule has 1 unspecified atom stereocenters. The number of hydrogen-bond acceptors (Lipinski definition) is 3. The SMILES string of the molecule is Cc1ccccc1-n1ncc(C(=O)N2CCC(N)C(C)(C)C2)c1C(F)(F)F. The van der Waals surface area contributed by atoms with Gasteiger partial charge in [0.1, 0.15) is 0 Å². The number of aromatic nitrogens is 2. The molecule has 1 aromatic heterocycles. The van der Waals surface area contributed by atoms with Crippen molar-refractivity contribution < 1.29 is 18.0 Å². The molecule has 27 heavy (non-hydrogen) atoms. The van der Waals surface area contributed by atoms with Crippen molar-refractivity contribution in [2.24, 2.45) is 11.1 Å². The van der Waals surface area contributed by atoms with Crippen LogP contribution in [0, 0.1) is 12.3 Å². The lowest BCUT2D eigenvalue weighted by Crippen LogP contribution is -2.54. The van der Waals surface area contributed by atoms with Crippen molar-refractivity contribution in [3.8, 4) is 5.69 Å². The van der Waals surface area contributed by atoms with Gasteiger partial charge in [0.2, 0.25) is 0 Å². The van der Waals surface area contributed by atoms with Gasteiger partial charge in [-0.2, -0.15) is 18.3 Å². The molecule has 1 amide bonds. The lowest BCUT2D eigenvalue weighted by atomic mass is 9.79. The van der Waals surface area contributed by atoms with Crippen LogP contribution < -0.4 is 5.73 Å². The third-order valence-corrected chi connectivity index (χ3v) is 5.21. The fourth-order valence-corrected chi connectivity index (χ4v) is 3.48. The molecule has 1 aliphatic heterocycles. The number of amides is 1. The number of alkyl halides is 3. The second-order valence-electron chi connectivity index (χ2n) is 7.71. The number of carbonyl (C=O) groups is 1. The van der Waals surface area contributed by atoms with E-state index < -0.39 is 23.3 Å². The van der Waals surface area contributed by atoms with Gasteiger partial charge in [-0.25, -0.2) is 4.68 Å². The van der Waals surface area contributed by atoms with Gasteiger partial charge in [-0.1, -0.05) is 32.0 Å². The number of piperidine rings is 1. The summed E-state index contributed by atoms with van der Waals surface area (Å²) in [7, 11) is 0.